The van der Waals surface area contributed by atoms with Gasteiger partial charge in [-0.1, -0.05) is 0 Å². The van der Waals surface area contributed by atoms with Crippen molar-refractivity contribution < 1.29 is 9.53 Å². The summed E-state index contributed by atoms with van der Waals surface area (Å²) in [6, 6.07) is 3.83. The minimum Gasteiger partial charge on any atom is -0.449 e. The van der Waals surface area contributed by atoms with Crippen molar-refractivity contribution in [3.05, 3.63) is 28.5 Å². The molecule has 0 saturated carbocycles. The first-order valence-electron chi connectivity index (χ1n) is 4.30. The summed E-state index contributed by atoms with van der Waals surface area (Å²) in [5.74, 6) is 0. The summed E-state index contributed by atoms with van der Waals surface area (Å²) in [5.41, 5.74) is 1.04. The van der Waals surface area contributed by atoms with Crippen LogP contribution in [0.3, 0.4) is 0 Å². The van der Waals surface area contributed by atoms with Crippen molar-refractivity contribution in [1.29, 1.82) is 0 Å². The first-order chi connectivity index (χ1) is 6.75. The quantitative estimate of drug-likeness (QED) is 0.783. The second-order valence-electron chi connectivity index (χ2n) is 3.03. The Morgan fingerprint density at radius 3 is 3.21 bits per heavy atom. The molecular weight excluding hydrogens is 248 g/mol. The highest BCUT2D eigenvalue weighted by Gasteiger charge is 2.20. The molecule has 1 amide bonds. The van der Waals surface area contributed by atoms with Gasteiger partial charge in [-0.3, -0.25) is 0 Å². The van der Waals surface area contributed by atoms with Crippen LogP contribution in [0.25, 0.3) is 0 Å². The molecule has 0 spiro atoms. The van der Waals surface area contributed by atoms with E-state index in [2.05, 4.69) is 26.2 Å². The van der Waals surface area contributed by atoms with Crippen LogP contribution >= 0.6 is 15.9 Å². The van der Waals surface area contributed by atoms with E-state index in [0.717, 1.165) is 16.6 Å². The number of amides is 1. The molecule has 0 aliphatic carbocycles. The first-order valence-corrected chi connectivity index (χ1v) is 5.10. The number of nitrogens with one attached hydrogen (secondary N) is 1. The van der Waals surface area contributed by atoms with Gasteiger partial charge in [0.25, 0.3) is 0 Å². The van der Waals surface area contributed by atoms with Crippen molar-refractivity contribution in [3.63, 3.8) is 0 Å². The number of rotatable bonds is 1. The highest BCUT2D eigenvalue weighted by Crippen LogP contribution is 2.21. The van der Waals surface area contributed by atoms with E-state index in [4.69, 9.17) is 4.74 Å². The van der Waals surface area contributed by atoms with Crippen molar-refractivity contribution in [2.75, 3.05) is 6.61 Å². The maximum absolute atomic E-state index is 11.0. The van der Waals surface area contributed by atoms with E-state index in [1.54, 1.807) is 6.20 Å². The number of carbonyl (C=O) groups excluding carboxylic acids is 1. The minimum absolute atomic E-state index is 0.0375. The summed E-state index contributed by atoms with van der Waals surface area (Å²) in [7, 11) is 0. The predicted octanol–water partition coefficient (Wildman–Crippen LogP) is 2.02. The van der Waals surface area contributed by atoms with Gasteiger partial charge in [-0.2, -0.15) is 0 Å². The molecule has 0 radical (unpaired) electrons. The van der Waals surface area contributed by atoms with Crippen LogP contribution in [-0.4, -0.2) is 17.7 Å². The van der Waals surface area contributed by atoms with Gasteiger partial charge in [-0.25, -0.2) is 9.78 Å². The van der Waals surface area contributed by atoms with E-state index in [0.29, 0.717) is 6.61 Å². The number of cyclic esters (lactones) is 1. The number of ether oxygens (including phenoxy) is 1. The normalized spacial score (nSPS) is 21.2. The van der Waals surface area contributed by atoms with Crippen LogP contribution in [-0.2, 0) is 4.74 Å². The lowest BCUT2D eigenvalue weighted by atomic mass is 10.1. The lowest BCUT2D eigenvalue weighted by molar-refractivity contribution is 0.115. The van der Waals surface area contributed by atoms with Crippen LogP contribution in [0.5, 0.6) is 0 Å². The van der Waals surface area contributed by atoms with Gasteiger partial charge in [-0.05, 0) is 33.6 Å². The van der Waals surface area contributed by atoms with Gasteiger partial charge < -0.3 is 10.1 Å². The Labute approximate surface area is 89.8 Å². The molecule has 4 nitrogen and oxygen atoms in total. The molecule has 1 aliphatic rings. The standard InChI is InChI=1S/C9H9BrN2O2/c10-8-5-6(1-3-11-8)7-2-4-14-9(13)12-7/h1,3,5,7H,2,4H2,(H,12,13). The van der Waals surface area contributed by atoms with Gasteiger partial charge >= 0.3 is 6.09 Å². The summed E-state index contributed by atoms with van der Waals surface area (Å²) in [6.45, 7) is 0.469. The Morgan fingerprint density at radius 1 is 1.64 bits per heavy atom. The van der Waals surface area contributed by atoms with Crippen molar-refractivity contribution >= 4 is 22.0 Å². The average Bonchev–Trinajstić information content (AvgIpc) is 2.18. The second-order valence-corrected chi connectivity index (χ2v) is 3.85. The Kier molecular flexibility index (Phi) is 2.67. The highest BCUT2D eigenvalue weighted by molar-refractivity contribution is 9.10. The number of aromatic nitrogens is 1. The Morgan fingerprint density at radius 2 is 2.50 bits per heavy atom. The van der Waals surface area contributed by atoms with Crippen LogP contribution in [0.15, 0.2) is 22.9 Å². The van der Waals surface area contributed by atoms with Gasteiger partial charge in [0.15, 0.2) is 0 Å². The molecule has 1 aromatic heterocycles. The van der Waals surface area contributed by atoms with Crippen LogP contribution in [0.1, 0.15) is 18.0 Å². The van der Waals surface area contributed by atoms with Gasteiger partial charge in [0.2, 0.25) is 0 Å². The van der Waals surface area contributed by atoms with E-state index >= 15 is 0 Å². The lowest BCUT2D eigenvalue weighted by Crippen LogP contribution is -2.35. The molecule has 1 N–H and O–H groups in total. The molecule has 1 unspecified atom stereocenters. The van der Waals surface area contributed by atoms with Crippen molar-refractivity contribution in [2.24, 2.45) is 0 Å². The molecule has 14 heavy (non-hydrogen) atoms. The average molecular weight is 257 g/mol. The van der Waals surface area contributed by atoms with Crippen molar-refractivity contribution in [3.8, 4) is 0 Å². The van der Waals surface area contributed by atoms with Crippen LogP contribution < -0.4 is 5.32 Å². The van der Waals surface area contributed by atoms with E-state index < -0.39 is 0 Å². The SMILES string of the molecule is O=C1NC(c2ccnc(Br)c2)CCO1. The summed E-state index contributed by atoms with van der Waals surface area (Å²) in [6.07, 6.45) is 2.15. The summed E-state index contributed by atoms with van der Waals surface area (Å²) >= 11 is 3.29. The zero-order valence-corrected chi connectivity index (χ0v) is 8.95. The number of hydrogen-bond donors (Lipinski definition) is 1. The number of carbonyl (C=O) groups is 1. The molecule has 0 bridgehead atoms. The molecular formula is C9H9BrN2O2. The third kappa shape index (κ3) is 2.04. The monoisotopic (exact) mass is 256 g/mol. The molecule has 0 aromatic carbocycles. The Bertz CT molecular complexity index is 356. The third-order valence-electron chi connectivity index (χ3n) is 2.08. The van der Waals surface area contributed by atoms with Crippen LogP contribution in [0.4, 0.5) is 4.79 Å². The van der Waals surface area contributed by atoms with Gasteiger partial charge in [0.1, 0.15) is 4.60 Å². The minimum atomic E-state index is -0.353. The fourth-order valence-electron chi connectivity index (χ4n) is 1.41. The smallest absolute Gasteiger partial charge is 0.407 e. The van der Waals surface area contributed by atoms with E-state index in [-0.39, 0.29) is 12.1 Å². The van der Waals surface area contributed by atoms with Gasteiger partial charge in [0, 0.05) is 12.6 Å². The van der Waals surface area contributed by atoms with Gasteiger partial charge in [-0.15, -0.1) is 0 Å². The van der Waals surface area contributed by atoms with Crippen molar-refractivity contribution in [2.45, 2.75) is 12.5 Å². The number of nitrogens with zero attached hydrogens (tertiary/aromatic N) is 1. The summed E-state index contributed by atoms with van der Waals surface area (Å²) < 4.78 is 5.56. The zero-order valence-electron chi connectivity index (χ0n) is 7.37. The molecule has 5 heteroatoms. The molecule has 2 rings (SSSR count). The van der Waals surface area contributed by atoms with E-state index in [1.807, 2.05) is 12.1 Å². The summed E-state index contributed by atoms with van der Waals surface area (Å²) in [4.78, 5) is 15.0. The zero-order chi connectivity index (χ0) is 9.97. The van der Waals surface area contributed by atoms with Crippen LogP contribution in [0.2, 0.25) is 0 Å². The highest BCUT2D eigenvalue weighted by atomic mass is 79.9. The largest absolute Gasteiger partial charge is 0.449 e. The predicted molar refractivity (Wildman–Crippen MR) is 53.8 cm³/mol. The fourth-order valence-corrected chi connectivity index (χ4v) is 1.79. The summed E-state index contributed by atoms with van der Waals surface area (Å²) in [5, 5.41) is 2.75. The fraction of sp³-hybridized carbons (Fsp3) is 0.333. The maximum atomic E-state index is 11.0. The molecule has 1 atom stereocenters. The number of alkyl carbamates (subject to hydrolysis) is 1. The molecule has 1 saturated heterocycles. The first kappa shape index (κ1) is 9.45. The Balaban J connectivity index is 2.17. The molecule has 1 aliphatic heterocycles. The molecule has 74 valence electrons. The third-order valence-corrected chi connectivity index (χ3v) is 2.52. The lowest BCUT2D eigenvalue weighted by Gasteiger charge is -2.23. The maximum Gasteiger partial charge on any atom is 0.407 e. The van der Waals surface area contributed by atoms with Crippen LogP contribution in [0, 0.1) is 0 Å². The molecule has 2 heterocycles. The number of hydrogen-bond acceptors (Lipinski definition) is 3. The van der Waals surface area contributed by atoms with E-state index in [9.17, 15) is 4.79 Å². The number of pyridine rings is 1. The van der Waals surface area contributed by atoms with Gasteiger partial charge in [0.05, 0.1) is 12.6 Å². The molecule has 1 aromatic rings. The van der Waals surface area contributed by atoms with Crippen molar-refractivity contribution in [1.82, 2.24) is 10.3 Å². The Hall–Kier alpha value is -1.10. The van der Waals surface area contributed by atoms with E-state index in [1.165, 1.54) is 0 Å². The molecule has 1 fully saturated rings. The number of halogens is 1. The second kappa shape index (κ2) is 3.96. The topological polar surface area (TPSA) is 51.2 Å².